The fourth-order valence-corrected chi connectivity index (χ4v) is 3.35. The van der Waals surface area contributed by atoms with Gasteiger partial charge in [-0.25, -0.2) is 17.5 Å². The molecule has 0 bridgehead atoms. The minimum atomic E-state index is -3.68. The maximum atomic E-state index is 12.3. The summed E-state index contributed by atoms with van der Waals surface area (Å²) < 4.78 is 30.4. The average Bonchev–Trinajstić information content (AvgIpc) is 2.69. The summed E-state index contributed by atoms with van der Waals surface area (Å²) in [5, 5.41) is 5.01. The van der Waals surface area contributed by atoms with Crippen molar-refractivity contribution in [2.24, 2.45) is 5.92 Å². The summed E-state index contributed by atoms with van der Waals surface area (Å²) in [5.74, 6) is -1.81. The Kier molecular flexibility index (Phi) is 9.25. The van der Waals surface area contributed by atoms with Crippen LogP contribution in [0.25, 0.3) is 0 Å². The first kappa shape index (κ1) is 24.6. The van der Waals surface area contributed by atoms with Crippen LogP contribution < -0.4 is 10.6 Å². The number of hydrogen-bond acceptors (Lipinski definition) is 6. The Morgan fingerprint density at radius 2 is 1.83 bits per heavy atom. The van der Waals surface area contributed by atoms with Crippen LogP contribution in [0.15, 0.2) is 29.2 Å². The van der Waals surface area contributed by atoms with Gasteiger partial charge in [-0.3, -0.25) is 9.59 Å². The van der Waals surface area contributed by atoms with E-state index in [-0.39, 0.29) is 29.5 Å². The van der Waals surface area contributed by atoms with Crippen molar-refractivity contribution < 1.29 is 27.5 Å². The number of benzene rings is 1. The van der Waals surface area contributed by atoms with Gasteiger partial charge in [0.1, 0.15) is 6.04 Å². The van der Waals surface area contributed by atoms with Crippen LogP contribution in [0.4, 0.5) is 0 Å². The molecule has 1 rings (SSSR count). The van der Waals surface area contributed by atoms with Gasteiger partial charge in [0.05, 0.1) is 18.0 Å². The number of ether oxygens (including phenoxy) is 1. The molecule has 0 heterocycles. The Hall–Kier alpha value is -2.46. The number of sulfonamides is 1. The predicted molar refractivity (Wildman–Crippen MR) is 108 cm³/mol. The monoisotopic (exact) mass is 427 g/mol. The van der Waals surface area contributed by atoms with Gasteiger partial charge in [0.25, 0.3) is 5.91 Å². The zero-order valence-corrected chi connectivity index (χ0v) is 18.2. The second-order valence-corrected chi connectivity index (χ2v) is 8.83. The van der Waals surface area contributed by atoms with E-state index in [1.807, 2.05) is 13.8 Å². The average molecular weight is 428 g/mol. The molecule has 0 aromatic heterocycles. The molecule has 162 valence electrons. The maximum absolute atomic E-state index is 12.3. The highest BCUT2D eigenvalue weighted by Crippen LogP contribution is 2.15. The molecule has 0 saturated heterocycles. The van der Waals surface area contributed by atoms with Crippen LogP contribution in [-0.2, 0) is 24.3 Å². The number of nitrogens with one attached hydrogen (secondary N) is 2. The van der Waals surface area contributed by atoms with Crippen molar-refractivity contribution in [3.8, 4) is 0 Å². The smallest absolute Gasteiger partial charge is 0.328 e. The van der Waals surface area contributed by atoms with Gasteiger partial charge in [-0.1, -0.05) is 26.3 Å². The van der Waals surface area contributed by atoms with E-state index in [1.165, 1.54) is 38.4 Å². The number of hydrogen-bond donors (Lipinski definition) is 2. The molecule has 1 aromatic carbocycles. The third-order valence-electron chi connectivity index (χ3n) is 4.35. The highest BCUT2D eigenvalue weighted by atomic mass is 32.2. The highest BCUT2D eigenvalue weighted by Gasteiger charge is 2.27. The van der Waals surface area contributed by atoms with Crippen molar-refractivity contribution >= 4 is 27.8 Å². The molecule has 0 aliphatic heterocycles. The van der Waals surface area contributed by atoms with Crippen LogP contribution in [0.1, 0.15) is 37.6 Å². The summed E-state index contributed by atoms with van der Waals surface area (Å²) >= 11 is 0. The van der Waals surface area contributed by atoms with E-state index in [4.69, 9.17) is 4.74 Å². The summed E-state index contributed by atoms with van der Waals surface area (Å²) in [6.45, 7) is 5.22. The SMILES string of the molecule is CCOC(=O)[C@H](NC(=O)CNC(=O)c1cccc(S(=O)(=O)N(C)C)c1)[C@H](C)CC. The number of amides is 2. The molecule has 0 unspecified atom stereocenters. The minimum absolute atomic E-state index is 0.0289. The van der Waals surface area contributed by atoms with Gasteiger partial charge in [-0.2, -0.15) is 0 Å². The molecular weight excluding hydrogens is 398 g/mol. The maximum Gasteiger partial charge on any atom is 0.328 e. The number of carbonyl (C=O) groups excluding carboxylic acids is 3. The van der Waals surface area contributed by atoms with Crippen molar-refractivity contribution in [3.05, 3.63) is 29.8 Å². The lowest BCUT2D eigenvalue weighted by atomic mass is 9.99. The molecule has 2 N–H and O–H groups in total. The Bertz CT molecular complexity index is 838. The van der Waals surface area contributed by atoms with E-state index in [1.54, 1.807) is 6.92 Å². The van der Waals surface area contributed by atoms with Crippen LogP contribution in [-0.4, -0.2) is 63.8 Å². The molecule has 29 heavy (non-hydrogen) atoms. The Morgan fingerprint density at radius 3 is 2.38 bits per heavy atom. The standard InChI is InChI=1S/C19H29N3O6S/c1-6-13(3)17(19(25)28-7-2)21-16(23)12-20-18(24)14-9-8-10-15(11-14)29(26,27)22(4)5/h8-11,13,17H,6-7,12H2,1-5H3,(H,20,24)(H,21,23)/t13-,17-/m1/s1. The molecule has 0 aliphatic rings. The first-order valence-corrected chi connectivity index (χ1v) is 10.7. The fraction of sp³-hybridized carbons (Fsp3) is 0.526. The third-order valence-corrected chi connectivity index (χ3v) is 6.17. The van der Waals surface area contributed by atoms with Crippen LogP contribution in [0.3, 0.4) is 0 Å². The van der Waals surface area contributed by atoms with Crippen molar-refractivity contribution in [2.45, 2.75) is 38.1 Å². The van der Waals surface area contributed by atoms with Crippen LogP contribution >= 0.6 is 0 Å². The van der Waals surface area contributed by atoms with Gasteiger partial charge in [0, 0.05) is 19.7 Å². The van der Waals surface area contributed by atoms with Gasteiger partial charge in [-0.05, 0) is 31.0 Å². The summed E-state index contributed by atoms with van der Waals surface area (Å²) in [5.41, 5.74) is 0.101. The van der Waals surface area contributed by atoms with Crippen molar-refractivity contribution in [1.29, 1.82) is 0 Å². The summed E-state index contributed by atoms with van der Waals surface area (Å²) in [6.07, 6.45) is 0.656. The largest absolute Gasteiger partial charge is 0.464 e. The predicted octanol–water partition coefficient (Wildman–Crippen LogP) is 0.761. The molecule has 0 saturated carbocycles. The lowest BCUT2D eigenvalue weighted by Gasteiger charge is -2.22. The summed E-state index contributed by atoms with van der Waals surface area (Å²) in [7, 11) is -0.900. The van der Waals surface area contributed by atoms with Gasteiger partial charge in [0.15, 0.2) is 0 Å². The molecule has 0 spiro atoms. The molecule has 0 radical (unpaired) electrons. The zero-order valence-electron chi connectivity index (χ0n) is 17.4. The molecule has 0 aliphatic carbocycles. The second kappa shape index (κ2) is 10.9. The van der Waals surface area contributed by atoms with E-state index >= 15 is 0 Å². The van der Waals surface area contributed by atoms with Crippen molar-refractivity contribution in [1.82, 2.24) is 14.9 Å². The van der Waals surface area contributed by atoms with Gasteiger partial charge >= 0.3 is 5.97 Å². The first-order valence-electron chi connectivity index (χ1n) is 9.31. The Balaban J connectivity index is 2.79. The number of esters is 1. The van der Waals surface area contributed by atoms with Crippen LogP contribution in [0.2, 0.25) is 0 Å². The van der Waals surface area contributed by atoms with Gasteiger partial charge in [0.2, 0.25) is 15.9 Å². The molecule has 10 heteroatoms. The molecule has 9 nitrogen and oxygen atoms in total. The molecule has 2 atom stereocenters. The van der Waals surface area contributed by atoms with Gasteiger partial charge in [-0.15, -0.1) is 0 Å². The van der Waals surface area contributed by atoms with E-state index in [0.717, 1.165) is 4.31 Å². The first-order chi connectivity index (χ1) is 13.5. The van der Waals surface area contributed by atoms with Crippen molar-refractivity contribution in [3.63, 3.8) is 0 Å². The Morgan fingerprint density at radius 1 is 1.17 bits per heavy atom. The lowest BCUT2D eigenvalue weighted by molar-refractivity contribution is -0.148. The quantitative estimate of drug-likeness (QED) is 0.532. The van der Waals surface area contributed by atoms with E-state index < -0.39 is 33.8 Å². The Labute approximate surface area is 171 Å². The molecule has 2 amide bonds. The summed E-state index contributed by atoms with van der Waals surface area (Å²) in [6, 6.07) is 4.71. The fourth-order valence-electron chi connectivity index (χ4n) is 2.40. The topological polar surface area (TPSA) is 122 Å². The third kappa shape index (κ3) is 6.82. The van der Waals surface area contributed by atoms with E-state index in [9.17, 15) is 22.8 Å². The number of nitrogens with zero attached hydrogens (tertiary/aromatic N) is 1. The van der Waals surface area contributed by atoms with Crippen LogP contribution in [0.5, 0.6) is 0 Å². The highest BCUT2D eigenvalue weighted by molar-refractivity contribution is 7.89. The number of carbonyl (C=O) groups is 3. The minimum Gasteiger partial charge on any atom is -0.464 e. The summed E-state index contributed by atoms with van der Waals surface area (Å²) in [4.78, 5) is 36.5. The normalized spacial score (nSPS) is 13.4. The van der Waals surface area contributed by atoms with E-state index in [0.29, 0.717) is 6.42 Å². The molecule has 0 fully saturated rings. The lowest BCUT2D eigenvalue weighted by Crippen LogP contribution is -2.49. The van der Waals surface area contributed by atoms with Crippen molar-refractivity contribution in [2.75, 3.05) is 27.2 Å². The van der Waals surface area contributed by atoms with Gasteiger partial charge < -0.3 is 15.4 Å². The number of rotatable bonds is 10. The molecule has 1 aromatic rings. The van der Waals surface area contributed by atoms with Crippen LogP contribution in [0, 0.1) is 5.92 Å². The second-order valence-electron chi connectivity index (χ2n) is 6.68. The molecular formula is C19H29N3O6S. The zero-order chi connectivity index (χ0) is 22.2. The van der Waals surface area contributed by atoms with E-state index in [2.05, 4.69) is 10.6 Å².